The van der Waals surface area contributed by atoms with Crippen LogP contribution in [-0.2, 0) is 9.53 Å². The summed E-state index contributed by atoms with van der Waals surface area (Å²) in [5, 5.41) is 2.52. The van der Waals surface area contributed by atoms with Gasteiger partial charge >= 0.3 is 5.97 Å². The number of rotatable bonds is 5. The molecule has 1 atom stereocenters. The van der Waals surface area contributed by atoms with E-state index in [9.17, 15) is 14.0 Å². The minimum absolute atomic E-state index is 0.0147. The second-order valence-corrected chi connectivity index (χ2v) is 5.30. The number of nitrogens with one attached hydrogen (secondary N) is 1. The first-order chi connectivity index (χ1) is 11.4. The molecule has 24 heavy (non-hydrogen) atoms. The van der Waals surface area contributed by atoms with Crippen LogP contribution in [0.25, 0.3) is 0 Å². The van der Waals surface area contributed by atoms with Gasteiger partial charge in [-0.05, 0) is 37.3 Å². The van der Waals surface area contributed by atoms with E-state index in [-0.39, 0.29) is 10.6 Å². The summed E-state index contributed by atoms with van der Waals surface area (Å²) in [5.41, 5.74) is 0.487. The van der Waals surface area contributed by atoms with E-state index in [0.29, 0.717) is 11.4 Å². The fraction of sp³-hybridized carbons (Fsp3) is 0.176. The number of hydrogen-bond donors (Lipinski definition) is 1. The van der Waals surface area contributed by atoms with Gasteiger partial charge in [-0.3, -0.25) is 4.79 Å². The fourth-order valence-electron chi connectivity index (χ4n) is 1.88. The number of carbonyl (C=O) groups excluding carboxylic acids is 2. The Morgan fingerprint density at radius 2 is 1.96 bits per heavy atom. The van der Waals surface area contributed by atoms with Crippen LogP contribution < -0.4 is 10.1 Å². The summed E-state index contributed by atoms with van der Waals surface area (Å²) in [6.45, 7) is 1.42. The molecule has 2 aromatic rings. The normalized spacial score (nSPS) is 11.5. The molecule has 126 valence electrons. The van der Waals surface area contributed by atoms with Crippen LogP contribution in [0.4, 0.5) is 10.1 Å². The van der Waals surface area contributed by atoms with Gasteiger partial charge < -0.3 is 14.8 Å². The molecule has 0 spiro atoms. The first-order valence-electron chi connectivity index (χ1n) is 7.01. The van der Waals surface area contributed by atoms with Crippen molar-refractivity contribution in [3.63, 3.8) is 0 Å². The lowest BCUT2D eigenvalue weighted by molar-refractivity contribution is -0.123. The monoisotopic (exact) mass is 351 g/mol. The Labute approximate surface area is 143 Å². The largest absolute Gasteiger partial charge is 0.497 e. The van der Waals surface area contributed by atoms with Crippen LogP contribution in [0.3, 0.4) is 0 Å². The molecule has 0 fully saturated rings. The average Bonchev–Trinajstić information content (AvgIpc) is 2.54. The van der Waals surface area contributed by atoms with Crippen molar-refractivity contribution in [3.05, 3.63) is 58.9 Å². The Morgan fingerprint density at radius 3 is 2.62 bits per heavy atom. The van der Waals surface area contributed by atoms with Crippen molar-refractivity contribution in [3.8, 4) is 5.75 Å². The quantitative estimate of drug-likeness (QED) is 0.835. The lowest BCUT2D eigenvalue weighted by Gasteiger charge is -2.14. The topological polar surface area (TPSA) is 64.6 Å². The Morgan fingerprint density at radius 1 is 1.21 bits per heavy atom. The van der Waals surface area contributed by atoms with Crippen LogP contribution in [0.1, 0.15) is 17.3 Å². The molecule has 0 bridgehead atoms. The molecule has 1 amide bonds. The van der Waals surface area contributed by atoms with Gasteiger partial charge in [0.15, 0.2) is 6.10 Å². The Bertz CT molecular complexity index is 766. The van der Waals surface area contributed by atoms with Crippen molar-refractivity contribution < 1.29 is 23.5 Å². The molecule has 5 nitrogen and oxygen atoms in total. The van der Waals surface area contributed by atoms with E-state index in [1.165, 1.54) is 20.1 Å². The molecular formula is C17H15ClFNO4. The molecule has 0 aliphatic carbocycles. The standard InChI is InChI=1S/C17H15ClFNO4/c1-10(16(21)20-12-4-3-5-13(9-12)23-2)24-17(22)14-7-6-11(19)8-15(14)18/h3-10H,1-2H3,(H,20,21)/t10-/m1/s1. The molecule has 0 heterocycles. The smallest absolute Gasteiger partial charge is 0.340 e. The number of carbonyl (C=O) groups is 2. The zero-order chi connectivity index (χ0) is 17.7. The highest BCUT2D eigenvalue weighted by Crippen LogP contribution is 2.20. The fourth-order valence-corrected chi connectivity index (χ4v) is 2.12. The van der Waals surface area contributed by atoms with Gasteiger partial charge in [-0.25, -0.2) is 9.18 Å². The number of methoxy groups -OCH3 is 1. The van der Waals surface area contributed by atoms with E-state index in [1.54, 1.807) is 24.3 Å². The summed E-state index contributed by atoms with van der Waals surface area (Å²) in [7, 11) is 1.51. The zero-order valence-corrected chi connectivity index (χ0v) is 13.8. The molecule has 0 saturated heterocycles. The predicted octanol–water partition coefficient (Wildman–Crippen LogP) is 3.67. The molecule has 1 N–H and O–H groups in total. The first-order valence-corrected chi connectivity index (χ1v) is 7.39. The summed E-state index contributed by atoms with van der Waals surface area (Å²) in [6, 6.07) is 10.0. The summed E-state index contributed by atoms with van der Waals surface area (Å²) in [4.78, 5) is 24.1. The number of anilines is 1. The highest BCUT2D eigenvalue weighted by Gasteiger charge is 2.21. The SMILES string of the molecule is COc1cccc(NC(=O)[C@@H](C)OC(=O)c2ccc(F)cc2Cl)c1. The molecule has 7 heteroatoms. The molecule has 0 radical (unpaired) electrons. The maximum absolute atomic E-state index is 13.0. The van der Waals surface area contributed by atoms with E-state index in [1.807, 2.05) is 0 Å². The van der Waals surface area contributed by atoms with Gasteiger partial charge in [0.2, 0.25) is 0 Å². The maximum Gasteiger partial charge on any atom is 0.340 e. The van der Waals surface area contributed by atoms with Crippen LogP contribution >= 0.6 is 11.6 Å². The first kappa shape index (κ1) is 17.7. The van der Waals surface area contributed by atoms with Crippen LogP contribution in [0.5, 0.6) is 5.75 Å². The van der Waals surface area contributed by atoms with E-state index in [2.05, 4.69) is 5.32 Å². The lowest BCUT2D eigenvalue weighted by atomic mass is 10.2. The number of halogens is 2. The average molecular weight is 352 g/mol. The van der Waals surface area contributed by atoms with Gasteiger partial charge in [0.05, 0.1) is 17.7 Å². The third-order valence-electron chi connectivity index (χ3n) is 3.14. The second-order valence-electron chi connectivity index (χ2n) is 4.89. The second kappa shape index (κ2) is 7.79. The molecule has 0 aliphatic rings. The van der Waals surface area contributed by atoms with Crippen molar-refractivity contribution in [2.45, 2.75) is 13.0 Å². The summed E-state index contributed by atoms with van der Waals surface area (Å²) >= 11 is 5.80. The van der Waals surface area contributed by atoms with Crippen molar-refractivity contribution >= 4 is 29.2 Å². The molecule has 0 aliphatic heterocycles. The minimum Gasteiger partial charge on any atom is -0.497 e. The van der Waals surface area contributed by atoms with Crippen molar-refractivity contribution in [1.82, 2.24) is 0 Å². The van der Waals surface area contributed by atoms with Crippen LogP contribution in [0, 0.1) is 5.82 Å². The third kappa shape index (κ3) is 4.45. The molecule has 0 aromatic heterocycles. The third-order valence-corrected chi connectivity index (χ3v) is 3.45. The number of amides is 1. The summed E-state index contributed by atoms with van der Waals surface area (Å²) in [6.07, 6.45) is -1.06. The predicted molar refractivity (Wildman–Crippen MR) is 87.9 cm³/mol. The maximum atomic E-state index is 13.0. The van der Waals surface area contributed by atoms with Crippen LogP contribution in [0.15, 0.2) is 42.5 Å². The summed E-state index contributed by atoms with van der Waals surface area (Å²) < 4.78 is 23.1. The van der Waals surface area contributed by atoms with Crippen molar-refractivity contribution in [2.24, 2.45) is 0 Å². The van der Waals surface area contributed by atoms with E-state index in [0.717, 1.165) is 12.1 Å². The van der Waals surface area contributed by atoms with Gasteiger partial charge in [0.25, 0.3) is 5.91 Å². The van der Waals surface area contributed by atoms with Gasteiger partial charge in [0, 0.05) is 11.8 Å². The lowest BCUT2D eigenvalue weighted by Crippen LogP contribution is -2.30. The zero-order valence-electron chi connectivity index (χ0n) is 13.0. The van der Waals surface area contributed by atoms with Crippen LogP contribution in [0.2, 0.25) is 5.02 Å². The minimum atomic E-state index is -1.06. The van der Waals surface area contributed by atoms with Crippen molar-refractivity contribution in [1.29, 1.82) is 0 Å². The van der Waals surface area contributed by atoms with Gasteiger partial charge in [0.1, 0.15) is 11.6 Å². The Hall–Kier alpha value is -2.60. The van der Waals surface area contributed by atoms with Crippen molar-refractivity contribution in [2.75, 3.05) is 12.4 Å². The summed E-state index contributed by atoms with van der Waals surface area (Å²) in [5.74, 6) is -1.32. The highest BCUT2D eigenvalue weighted by atomic mass is 35.5. The van der Waals surface area contributed by atoms with E-state index < -0.39 is 23.8 Å². The number of esters is 1. The molecule has 2 rings (SSSR count). The highest BCUT2D eigenvalue weighted by molar-refractivity contribution is 6.33. The number of ether oxygens (including phenoxy) is 2. The van der Waals surface area contributed by atoms with E-state index in [4.69, 9.17) is 21.1 Å². The van der Waals surface area contributed by atoms with E-state index >= 15 is 0 Å². The Kier molecular flexibility index (Phi) is 5.76. The number of benzene rings is 2. The van der Waals surface area contributed by atoms with Gasteiger partial charge in [-0.1, -0.05) is 17.7 Å². The molecule has 0 saturated carbocycles. The number of hydrogen-bond acceptors (Lipinski definition) is 4. The molecular weight excluding hydrogens is 337 g/mol. The molecule has 2 aromatic carbocycles. The van der Waals surface area contributed by atoms with Crippen LogP contribution in [-0.4, -0.2) is 25.1 Å². The molecule has 0 unspecified atom stereocenters. The Balaban J connectivity index is 2.01. The van der Waals surface area contributed by atoms with Gasteiger partial charge in [-0.15, -0.1) is 0 Å². The van der Waals surface area contributed by atoms with Gasteiger partial charge in [-0.2, -0.15) is 0 Å².